The van der Waals surface area contributed by atoms with Gasteiger partial charge in [-0.25, -0.2) is 0 Å². The molecule has 3 aliphatic rings. The molecule has 0 aliphatic carbocycles. The lowest BCUT2D eigenvalue weighted by atomic mass is 9.84. The number of rotatable bonds is 5. The van der Waals surface area contributed by atoms with Gasteiger partial charge in [0.1, 0.15) is 0 Å². The molecule has 0 aromatic heterocycles. The van der Waals surface area contributed by atoms with Gasteiger partial charge in [0.15, 0.2) is 0 Å². The number of nitrogens with zero attached hydrogens (tertiary/aromatic N) is 1. The summed E-state index contributed by atoms with van der Waals surface area (Å²) in [6.07, 6.45) is 2.75. The van der Waals surface area contributed by atoms with E-state index in [4.69, 9.17) is 11.6 Å². The number of fused-ring (bicyclic) bond motifs is 3. The third-order valence-electron chi connectivity index (χ3n) is 4.34. The van der Waals surface area contributed by atoms with Gasteiger partial charge in [0, 0.05) is 36.4 Å². The van der Waals surface area contributed by atoms with Crippen LogP contribution in [0.5, 0.6) is 0 Å². The Balaban J connectivity index is 1.39. The molecule has 3 saturated heterocycles. The Bertz CT molecular complexity index is 416. The number of anilines is 1. The normalized spacial score (nSPS) is 29.4. The highest BCUT2D eigenvalue weighted by molar-refractivity contribution is 6.30. The van der Waals surface area contributed by atoms with Crippen LogP contribution in [0.25, 0.3) is 0 Å². The lowest BCUT2D eigenvalue weighted by molar-refractivity contribution is 0.0735. The lowest BCUT2D eigenvalue weighted by Crippen LogP contribution is -2.56. The highest BCUT2D eigenvalue weighted by Gasteiger charge is 2.33. The summed E-state index contributed by atoms with van der Waals surface area (Å²) >= 11 is 5.96. The molecular formula is C15H22ClN3. The molecule has 1 aromatic rings. The Morgan fingerprint density at radius 1 is 1.21 bits per heavy atom. The molecule has 19 heavy (non-hydrogen) atoms. The molecule has 0 saturated carbocycles. The van der Waals surface area contributed by atoms with Gasteiger partial charge in [-0.1, -0.05) is 17.7 Å². The van der Waals surface area contributed by atoms with Crippen molar-refractivity contribution in [3.05, 3.63) is 29.3 Å². The first kappa shape index (κ1) is 13.2. The SMILES string of the molecule is Clc1cccc(NCCNC2CN3CCC2CC3)c1. The quantitative estimate of drug-likeness (QED) is 0.811. The molecule has 3 aliphatic heterocycles. The predicted octanol–water partition coefficient (Wildman–Crippen LogP) is 2.44. The molecule has 0 spiro atoms. The van der Waals surface area contributed by atoms with E-state index in [-0.39, 0.29) is 0 Å². The van der Waals surface area contributed by atoms with Crippen LogP contribution in [0.1, 0.15) is 12.8 Å². The van der Waals surface area contributed by atoms with Crippen molar-refractivity contribution < 1.29 is 0 Å². The molecule has 1 aromatic carbocycles. The van der Waals surface area contributed by atoms with Crippen LogP contribution in [0.3, 0.4) is 0 Å². The highest BCUT2D eigenvalue weighted by atomic mass is 35.5. The van der Waals surface area contributed by atoms with Crippen molar-refractivity contribution in [2.45, 2.75) is 18.9 Å². The van der Waals surface area contributed by atoms with Crippen LogP contribution >= 0.6 is 11.6 Å². The lowest BCUT2D eigenvalue weighted by Gasteiger charge is -2.45. The molecule has 2 bridgehead atoms. The van der Waals surface area contributed by atoms with Crippen LogP contribution in [0.15, 0.2) is 24.3 Å². The Morgan fingerprint density at radius 3 is 2.74 bits per heavy atom. The zero-order chi connectivity index (χ0) is 13.1. The van der Waals surface area contributed by atoms with Gasteiger partial charge in [0.2, 0.25) is 0 Å². The van der Waals surface area contributed by atoms with E-state index in [0.29, 0.717) is 6.04 Å². The van der Waals surface area contributed by atoms with E-state index in [9.17, 15) is 0 Å². The minimum absolute atomic E-state index is 0.698. The maximum Gasteiger partial charge on any atom is 0.0426 e. The molecule has 3 nitrogen and oxygen atoms in total. The smallest absolute Gasteiger partial charge is 0.0426 e. The summed E-state index contributed by atoms with van der Waals surface area (Å²) in [5, 5.41) is 7.90. The van der Waals surface area contributed by atoms with Crippen LogP contribution in [0.4, 0.5) is 5.69 Å². The van der Waals surface area contributed by atoms with E-state index in [1.807, 2.05) is 18.2 Å². The molecule has 4 rings (SSSR count). The molecule has 1 unspecified atom stereocenters. The first-order chi connectivity index (χ1) is 9.31. The average molecular weight is 280 g/mol. The van der Waals surface area contributed by atoms with Gasteiger partial charge in [-0.3, -0.25) is 0 Å². The Kier molecular flexibility index (Phi) is 4.26. The zero-order valence-corrected chi connectivity index (χ0v) is 12.0. The van der Waals surface area contributed by atoms with Gasteiger partial charge >= 0.3 is 0 Å². The third kappa shape index (κ3) is 3.41. The van der Waals surface area contributed by atoms with Gasteiger partial charge in [0.05, 0.1) is 0 Å². The van der Waals surface area contributed by atoms with E-state index in [1.54, 1.807) is 0 Å². The van der Waals surface area contributed by atoms with Crippen LogP contribution in [0.2, 0.25) is 5.02 Å². The van der Waals surface area contributed by atoms with Crippen molar-refractivity contribution in [1.82, 2.24) is 10.2 Å². The molecule has 3 heterocycles. The topological polar surface area (TPSA) is 27.3 Å². The summed E-state index contributed by atoms with van der Waals surface area (Å²) < 4.78 is 0. The second-order valence-electron chi connectivity index (χ2n) is 5.64. The van der Waals surface area contributed by atoms with E-state index >= 15 is 0 Å². The van der Waals surface area contributed by atoms with Gasteiger partial charge < -0.3 is 15.5 Å². The summed E-state index contributed by atoms with van der Waals surface area (Å²) in [4.78, 5) is 2.59. The molecule has 2 N–H and O–H groups in total. The monoisotopic (exact) mass is 279 g/mol. The Labute approximate surface area is 120 Å². The fourth-order valence-corrected chi connectivity index (χ4v) is 3.45. The van der Waals surface area contributed by atoms with Gasteiger partial charge in [-0.2, -0.15) is 0 Å². The molecule has 1 atom stereocenters. The maximum absolute atomic E-state index is 5.96. The first-order valence-corrected chi connectivity index (χ1v) is 7.64. The number of hydrogen-bond donors (Lipinski definition) is 2. The second kappa shape index (κ2) is 6.12. The standard InChI is InChI=1S/C15H22ClN3/c16-13-2-1-3-14(10-13)17-6-7-18-15-11-19-8-4-12(15)5-9-19/h1-3,10,12,15,17-18H,4-9,11H2. The van der Waals surface area contributed by atoms with Crippen molar-refractivity contribution >= 4 is 17.3 Å². The van der Waals surface area contributed by atoms with Crippen LogP contribution < -0.4 is 10.6 Å². The Hall–Kier alpha value is -0.770. The minimum Gasteiger partial charge on any atom is -0.384 e. The van der Waals surface area contributed by atoms with E-state index in [1.165, 1.54) is 32.5 Å². The summed E-state index contributed by atoms with van der Waals surface area (Å²) in [6.45, 7) is 5.82. The number of piperidine rings is 3. The zero-order valence-electron chi connectivity index (χ0n) is 11.2. The molecule has 0 amide bonds. The summed E-state index contributed by atoms with van der Waals surface area (Å²) in [6, 6.07) is 8.60. The number of nitrogens with one attached hydrogen (secondary N) is 2. The van der Waals surface area contributed by atoms with Crippen LogP contribution in [-0.2, 0) is 0 Å². The van der Waals surface area contributed by atoms with Crippen molar-refractivity contribution in [3.63, 3.8) is 0 Å². The molecule has 104 valence electrons. The van der Waals surface area contributed by atoms with Gasteiger partial charge in [-0.15, -0.1) is 0 Å². The van der Waals surface area contributed by atoms with Crippen molar-refractivity contribution in [3.8, 4) is 0 Å². The largest absolute Gasteiger partial charge is 0.384 e. The fourth-order valence-electron chi connectivity index (χ4n) is 3.26. The van der Waals surface area contributed by atoms with Crippen molar-refractivity contribution in [2.24, 2.45) is 5.92 Å². The van der Waals surface area contributed by atoms with Crippen molar-refractivity contribution in [2.75, 3.05) is 38.0 Å². The van der Waals surface area contributed by atoms with E-state index in [0.717, 1.165) is 29.7 Å². The van der Waals surface area contributed by atoms with Gasteiger partial charge in [0.25, 0.3) is 0 Å². The third-order valence-corrected chi connectivity index (χ3v) is 4.58. The molecule has 3 fully saturated rings. The van der Waals surface area contributed by atoms with E-state index < -0.39 is 0 Å². The van der Waals surface area contributed by atoms with Gasteiger partial charge in [-0.05, 0) is 50.0 Å². The maximum atomic E-state index is 5.96. The summed E-state index contributed by atoms with van der Waals surface area (Å²) in [7, 11) is 0. The van der Waals surface area contributed by atoms with Crippen LogP contribution in [0, 0.1) is 5.92 Å². The van der Waals surface area contributed by atoms with Crippen molar-refractivity contribution in [1.29, 1.82) is 0 Å². The predicted molar refractivity (Wildman–Crippen MR) is 80.9 cm³/mol. The highest BCUT2D eigenvalue weighted by Crippen LogP contribution is 2.27. The number of halogens is 1. The first-order valence-electron chi connectivity index (χ1n) is 7.26. The summed E-state index contributed by atoms with van der Waals surface area (Å²) in [5.74, 6) is 0.899. The molecule has 4 heteroatoms. The number of hydrogen-bond acceptors (Lipinski definition) is 3. The Morgan fingerprint density at radius 2 is 2.05 bits per heavy atom. The second-order valence-corrected chi connectivity index (χ2v) is 6.07. The van der Waals surface area contributed by atoms with E-state index in [2.05, 4.69) is 21.6 Å². The average Bonchev–Trinajstić information content (AvgIpc) is 2.45. The minimum atomic E-state index is 0.698. The molecular weight excluding hydrogens is 258 g/mol. The molecule has 0 radical (unpaired) electrons. The summed E-state index contributed by atoms with van der Waals surface area (Å²) in [5.41, 5.74) is 1.10. The number of benzene rings is 1. The van der Waals surface area contributed by atoms with Crippen LogP contribution in [-0.4, -0.2) is 43.7 Å². The fraction of sp³-hybridized carbons (Fsp3) is 0.600.